The maximum Gasteiger partial charge on any atom is 0.0887 e. The highest BCUT2D eigenvalue weighted by atomic mass is 32.1. The molecule has 0 spiro atoms. The Bertz CT molecular complexity index is 79.6. The van der Waals surface area contributed by atoms with E-state index in [1.807, 2.05) is 6.92 Å². The van der Waals surface area contributed by atoms with Crippen LogP contribution < -0.4 is 0 Å². The van der Waals surface area contributed by atoms with Gasteiger partial charge >= 0.3 is 0 Å². The van der Waals surface area contributed by atoms with Gasteiger partial charge in [0.1, 0.15) is 0 Å². The van der Waals surface area contributed by atoms with Gasteiger partial charge in [0.25, 0.3) is 0 Å². The van der Waals surface area contributed by atoms with Gasteiger partial charge in [-0.1, -0.05) is 12.2 Å². The lowest BCUT2D eigenvalue weighted by Gasteiger charge is -2.22. The Morgan fingerprint density at radius 2 is 2.50 bits per heavy atom. The number of ether oxygens (including phenoxy) is 1. The Morgan fingerprint density at radius 3 is 2.50 bits per heavy atom. The monoisotopic (exact) mass is 102 g/mol. The minimum atomic E-state index is 0.264. The largest absolute Gasteiger partial charge is 0.368 e. The number of rotatable bonds is 0. The second-order valence-electron chi connectivity index (χ2n) is 1.42. The number of hydrogen-bond donors (Lipinski definition) is 0. The fraction of sp³-hybridized carbons (Fsp3) is 0.750. The molecule has 0 amide bonds. The van der Waals surface area contributed by atoms with Crippen LogP contribution in [0.2, 0.25) is 0 Å². The lowest BCUT2D eigenvalue weighted by Crippen LogP contribution is -2.35. The topological polar surface area (TPSA) is 9.23 Å². The first kappa shape index (κ1) is 4.22. The molecule has 0 aromatic heterocycles. The molecule has 0 aliphatic carbocycles. The van der Waals surface area contributed by atoms with Crippen LogP contribution in [0.3, 0.4) is 0 Å². The Labute approximate surface area is 42.3 Å². The molecule has 0 radical (unpaired) electrons. The summed E-state index contributed by atoms with van der Waals surface area (Å²) in [7, 11) is 0. The van der Waals surface area contributed by atoms with E-state index in [1.165, 1.54) is 0 Å². The molecule has 1 heterocycles. The van der Waals surface area contributed by atoms with Crippen LogP contribution in [0.1, 0.15) is 6.92 Å². The molecular formula is C4H6OS. The fourth-order valence-electron chi connectivity index (χ4n) is 0.318. The Kier molecular flexibility index (Phi) is 0.898. The molecule has 0 aromatic rings. The molecule has 1 saturated heterocycles. The van der Waals surface area contributed by atoms with Gasteiger partial charge in [0.15, 0.2) is 0 Å². The van der Waals surface area contributed by atoms with Crippen molar-refractivity contribution in [3.05, 3.63) is 0 Å². The average molecular weight is 102 g/mol. The molecule has 0 saturated carbocycles. The third-order valence-electron chi connectivity index (χ3n) is 0.929. The second kappa shape index (κ2) is 1.28. The molecule has 34 valence electrons. The van der Waals surface area contributed by atoms with Crippen molar-refractivity contribution >= 4 is 17.1 Å². The number of thiocarbonyl (C=S) groups is 1. The molecule has 2 heteroatoms. The maximum atomic E-state index is 4.90. The van der Waals surface area contributed by atoms with Crippen molar-refractivity contribution in [3.63, 3.8) is 0 Å². The summed E-state index contributed by atoms with van der Waals surface area (Å²) in [6, 6.07) is 0. The van der Waals surface area contributed by atoms with Crippen LogP contribution in [0.5, 0.6) is 0 Å². The first-order chi connectivity index (χ1) is 2.80. The summed E-state index contributed by atoms with van der Waals surface area (Å²) in [5.74, 6) is 0. The minimum absolute atomic E-state index is 0.264. The lowest BCUT2D eigenvalue weighted by atomic mass is 10.2. The molecule has 1 nitrogen and oxygen atoms in total. The van der Waals surface area contributed by atoms with Gasteiger partial charge in [-0.15, -0.1) is 0 Å². The van der Waals surface area contributed by atoms with Crippen molar-refractivity contribution in [3.8, 4) is 0 Å². The summed E-state index contributed by atoms with van der Waals surface area (Å²) >= 11 is 4.78. The second-order valence-corrected chi connectivity index (χ2v) is 1.94. The van der Waals surface area contributed by atoms with Crippen molar-refractivity contribution in [2.45, 2.75) is 13.0 Å². The van der Waals surface area contributed by atoms with E-state index in [4.69, 9.17) is 17.0 Å². The van der Waals surface area contributed by atoms with Crippen LogP contribution in [0.15, 0.2) is 0 Å². The quantitative estimate of drug-likeness (QED) is 0.418. The van der Waals surface area contributed by atoms with Gasteiger partial charge in [-0.25, -0.2) is 0 Å². The van der Waals surface area contributed by atoms with Gasteiger partial charge in [0.2, 0.25) is 0 Å². The van der Waals surface area contributed by atoms with E-state index < -0.39 is 0 Å². The summed E-state index contributed by atoms with van der Waals surface area (Å²) in [5.41, 5.74) is 0. The molecule has 1 rings (SSSR count). The first-order valence-electron chi connectivity index (χ1n) is 1.95. The standard InChI is InChI=1S/C4H6OS/c1-3-4(6)2-5-3/h3H,2H2,1H3. The van der Waals surface area contributed by atoms with E-state index in [9.17, 15) is 0 Å². The molecule has 6 heavy (non-hydrogen) atoms. The van der Waals surface area contributed by atoms with E-state index in [-0.39, 0.29) is 6.10 Å². The van der Waals surface area contributed by atoms with Crippen LogP contribution in [0.4, 0.5) is 0 Å². The van der Waals surface area contributed by atoms with Crippen LogP contribution in [-0.4, -0.2) is 17.6 Å². The zero-order valence-corrected chi connectivity index (χ0v) is 4.42. The number of hydrogen-bond acceptors (Lipinski definition) is 2. The van der Waals surface area contributed by atoms with Crippen LogP contribution >= 0.6 is 12.2 Å². The summed E-state index contributed by atoms with van der Waals surface area (Å²) in [4.78, 5) is 1.05. The fourth-order valence-corrected chi connectivity index (χ4v) is 0.454. The van der Waals surface area contributed by atoms with Crippen molar-refractivity contribution in [1.29, 1.82) is 0 Å². The lowest BCUT2D eigenvalue weighted by molar-refractivity contribution is 0.0917. The molecule has 1 atom stereocenters. The zero-order chi connectivity index (χ0) is 4.57. The molecule has 1 fully saturated rings. The molecule has 0 aromatic carbocycles. The van der Waals surface area contributed by atoms with E-state index in [2.05, 4.69) is 0 Å². The van der Waals surface area contributed by atoms with Crippen LogP contribution in [0, 0.1) is 0 Å². The summed E-state index contributed by atoms with van der Waals surface area (Å²) in [6.07, 6.45) is 0.264. The third-order valence-corrected chi connectivity index (χ3v) is 1.38. The highest BCUT2D eigenvalue weighted by molar-refractivity contribution is 7.80. The SMILES string of the molecule is CC1OCC1=S. The highest BCUT2D eigenvalue weighted by Crippen LogP contribution is 2.05. The molecule has 1 aliphatic rings. The molecule has 1 unspecified atom stereocenters. The van der Waals surface area contributed by atoms with Gasteiger partial charge in [-0.3, -0.25) is 0 Å². The molecular weight excluding hydrogens is 96.1 g/mol. The highest BCUT2D eigenvalue weighted by Gasteiger charge is 2.18. The van der Waals surface area contributed by atoms with Crippen molar-refractivity contribution in [1.82, 2.24) is 0 Å². The predicted octanol–water partition coefficient (Wildman–Crippen LogP) is 0.775. The Balaban J connectivity index is 2.39. The van der Waals surface area contributed by atoms with Gasteiger partial charge in [-0.2, -0.15) is 0 Å². The van der Waals surface area contributed by atoms with Gasteiger partial charge in [0, 0.05) is 4.86 Å². The normalized spacial score (nSPS) is 32.8. The maximum absolute atomic E-state index is 4.90. The zero-order valence-electron chi connectivity index (χ0n) is 3.60. The van der Waals surface area contributed by atoms with Crippen molar-refractivity contribution in [2.24, 2.45) is 0 Å². The molecule has 1 aliphatic heterocycles. The predicted molar refractivity (Wildman–Crippen MR) is 28.0 cm³/mol. The Hall–Kier alpha value is 0.0500. The van der Waals surface area contributed by atoms with E-state index >= 15 is 0 Å². The third kappa shape index (κ3) is 0.460. The van der Waals surface area contributed by atoms with E-state index in [0.29, 0.717) is 6.61 Å². The first-order valence-corrected chi connectivity index (χ1v) is 2.36. The van der Waals surface area contributed by atoms with E-state index in [0.717, 1.165) is 4.86 Å². The van der Waals surface area contributed by atoms with Crippen molar-refractivity contribution in [2.75, 3.05) is 6.61 Å². The Morgan fingerprint density at radius 1 is 2.00 bits per heavy atom. The van der Waals surface area contributed by atoms with E-state index in [1.54, 1.807) is 0 Å². The minimum Gasteiger partial charge on any atom is -0.368 e. The van der Waals surface area contributed by atoms with Gasteiger partial charge < -0.3 is 4.74 Å². The van der Waals surface area contributed by atoms with Crippen molar-refractivity contribution < 1.29 is 4.74 Å². The summed E-state index contributed by atoms with van der Waals surface area (Å²) in [6.45, 7) is 2.67. The van der Waals surface area contributed by atoms with Crippen LogP contribution in [-0.2, 0) is 4.74 Å². The summed E-state index contributed by atoms with van der Waals surface area (Å²) < 4.78 is 4.90. The molecule has 0 N–H and O–H groups in total. The molecule has 0 bridgehead atoms. The smallest absolute Gasteiger partial charge is 0.0887 e. The summed E-state index contributed by atoms with van der Waals surface area (Å²) in [5, 5.41) is 0. The van der Waals surface area contributed by atoms with Gasteiger partial charge in [0.05, 0.1) is 12.7 Å². The van der Waals surface area contributed by atoms with Gasteiger partial charge in [-0.05, 0) is 6.92 Å². The average Bonchev–Trinajstić information content (AvgIpc) is 1.61. The van der Waals surface area contributed by atoms with Crippen LogP contribution in [0.25, 0.3) is 0 Å².